The lowest BCUT2D eigenvalue weighted by molar-refractivity contribution is -0.142. The van der Waals surface area contributed by atoms with E-state index >= 15 is 0 Å². The molecule has 5 nitrogen and oxygen atoms in total. The molecule has 2 N–H and O–H groups in total. The number of nitrogens with one attached hydrogen (secondary N) is 1. The van der Waals surface area contributed by atoms with E-state index in [1.165, 1.54) is 12.1 Å². The number of aryl methyl sites for hydroxylation is 1. The molecule has 0 heterocycles. The first kappa shape index (κ1) is 19.1. The maximum absolute atomic E-state index is 12.8. The number of carboxylic acid groups (broad SMARTS) is 1. The number of amides is 1. The number of carboxylic acids is 1. The molecule has 0 spiro atoms. The van der Waals surface area contributed by atoms with E-state index in [1.54, 1.807) is 12.1 Å². The van der Waals surface area contributed by atoms with Crippen LogP contribution in [0.2, 0.25) is 0 Å². The molecule has 1 unspecified atom stereocenters. The Morgan fingerprint density at radius 1 is 1.26 bits per heavy atom. The second-order valence-electron chi connectivity index (χ2n) is 6.33. The van der Waals surface area contributed by atoms with E-state index in [0.29, 0.717) is 6.42 Å². The third kappa shape index (κ3) is 8.30. The maximum Gasteiger partial charge on any atom is 0.326 e. The summed E-state index contributed by atoms with van der Waals surface area (Å²) < 4.78 is 18.3. The van der Waals surface area contributed by atoms with Gasteiger partial charge in [0.25, 0.3) is 0 Å². The predicted molar refractivity (Wildman–Crippen MR) is 84.6 cm³/mol. The zero-order chi connectivity index (χ0) is 17.5. The summed E-state index contributed by atoms with van der Waals surface area (Å²) in [6, 6.07) is 4.90. The molecule has 1 atom stereocenters. The highest BCUT2D eigenvalue weighted by Crippen LogP contribution is 2.09. The van der Waals surface area contributed by atoms with Gasteiger partial charge in [-0.1, -0.05) is 12.1 Å². The fourth-order valence-electron chi connectivity index (χ4n) is 1.92. The number of halogens is 1. The summed E-state index contributed by atoms with van der Waals surface area (Å²) in [5.41, 5.74) is 0.472. The van der Waals surface area contributed by atoms with Crippen LogP contribution in [-0.4, -0.2) is 35.2 Å². The van der Waals surface area contributed by atoms with E-state index in [4.69, 9.17) is 9.84 Å². The Labute approximate surface area is 135 Å². The number of rotatable bonds is 8. The number of carbonyl (C=O) groups is 2. The standard InChI is InChI=1S/C17H24FNO4/c1-17(2,3)23-11-10-14(16(21)22)19-15(20)9-6-12-4-7-13(18)8-5-12/h4-5,7-8,14H,6,9-11H2,1-3H3,(H,19,20)(H,21,22). The van der Waals surface area contributed by atoms with Gasteiger partial charge in [-0.05, 0) is 44.9 Å². The Morgan fingerprint density at radius 2 is 1.87 bits per heavy atom. The molecule has 1 amide bonds. The SMILES string of the molecule is CC(C)(C)OCCC(NC(=O)CCc1ccc(F)cc1)C(=O)O. The molecule has 0 aliphatic heterocycles. The Hall–Kier alpha value is -1.95. The number of hydrogen-bond donors (Lipinski definition) is 2. The summed E-state index contributed by atoms with van der Waals surface area (Å²) in [6.45, 7) is 5.89. The van der Waals surface area contributed by atoms with Crippen molar-refractivity contribution in [1.82, 2.24) is 5.32 Å². The highest BCUT2D eigenvalue weighted by Gasteiger charge is 2.21. The van der Waals surface area contributed by atoms with E-state index < -0.39 is 12.0 Å². The summed E-state index contributed by atoms with van der Waals surface area (Å²) in [5, 5.41) is 11.6. The predicted octanol–water partition coefficient (Wildman–Crippen LogP) is 2.53. The van der Waals surface area contributed by atoms with Crippen LogP contribution in [-0.2, 0) is 20.7 Å². The molecule has 0 aromatic heterocycles. The Bertz CT molecular complexity index is 522. The van der Waals surface area contributed by atoms with E-state index in [-0.39, 0.29) is 36.8 Å². The Morgan fingerprint density at radius 3 is 2.39 bits per heavy atom. The normalized spacial score (nSPS) is 12.7. The van der Waals surface area contributed by atoms with Crippen molar-refractivity contribution >= 4 is 11.9 Å². The van der Waals surface area contributed by atoms with Crippen LogP contribution in [0.5, 0.6) is 0 Å². The molecule has 1 aromatic carbocycles. The molecule has 0 saturated heterocycles. The molecule has 0 fully saturated rings. The van der Waals surface area contributed by atoms with Crippen molar-refractivity contribution in [2.45, 2.75) is 51.7 Å². The van der Waals surface area contributed by atoms with Crippen LogP contribution in [0.3, 0.4) is 0 Å². The summed E-state index contributed by atoms with van der Waals surface area (Å²) in [6.07, 6.45) is 0.779. The third-order valence-electron chi connectivity index (χ3n) is 3.13. The van der Waals surface area contributed by atoms with Crippen LogP contribution in [0.25, 0.3) is 0 Å². The van der Waals surface area contributed by atoms with Crippen molar-refractivity contribution in [3.63, 3.8) is 0 Å². The Kier molecular flexibility index (Phi) is 7.16. The van der Waals surface area contributed by atoms with Gasteiger partial charge in [0.15, 0.2) is 0 Å². The summed E-state index contributed by atoms with van der Waals surface area (Å²) in [7, 11) is 0. The average molecular weight is 325 g/mol. The lowest BCUT2D eigenvalue weighted by Crippen LogP contribution is -2.42. The number of hydrogen-bond acceptors (Lipinski definition) is 3. The monoisotopic (exact) mass is 325 g/mol. The Balaban J connectivity index is 2.41. The highest BCUT2D eigenvalue weighted by molar-refractivity contribution is 5.83. The smallest absolute Gasteiger partial charge is 0.326 e. The highest BCUT2D eigenvalue weighted by atomic mass is 19.1. The number of benzene rings is 1. The molecule has 0 aliphatic rings. The van der Waals surface area contributed by atoms with Crippen LogP contribution >= 0.6 is 0 Å². The molecule has 0 radical (unpaired) electrons. The lowest BCUT2D eigenvalue weighted by atomic mass is 10.1. The van der Waals surface area contributed by atoms with Gasteiger partial charge in [-0.2, -0.15) is 0 Å². The molecule has 23 heavy (non-hydrogen) atoms. The van der Waals surface area contributed by atoms with Gasteiger partial charge in [-0.15, -0.1) is 0 Å². The van der Waals surface area contributed by atoms with Gasteiger partial charge in [0.2, 0.25) is 5.91 Å². The van der Waals surface area contributed by atoms with E-state index in [9.17, 15) is 14.0 Å². The van der Waals surface area contributed by atoms with Gasteiger partial charge in [-0.25, -0.2) is 9.18 Å². The fraction of sp³-hybridized carbons (Fsp3) is 0.529. The number of carbonyl (C=O) groups excluding carboxylic acids is 1. The molecule has 1 aromatic rings. The topological polar surface area (TPSA) is 75.6 Å². The quantitative estimate of drug-likeness (QED) is 0.770. The van der Waals surface area contributed by atoms with Crippen LogP contribution in [0.15, 0.2) is 24.3 Å². The zero-order valence-electron chi connectivity index (χ0n) is 13.8. The minimum Gasteiger partial charge on any atom is -0.480 e. The molecule has 1 rings (SSSR count). The molecular weight excluding hydrogens is 301 g/mol. The summed E-state index contributed by atoms with van der Waals surface area (Å²) in [4.78, 5) is 23.1. The zero-order valence-corrected chi connectivity index (χ0v) is 13.8. The van der Waals surface area contributed by atoms with E-state index in [0.717, 1.165) is 5.56 Å². The summed E-state index contributed by atoms with van der Waals surface area (Å²) in [5.74, 6) is -1.77. The molecular formula is C17H24FNO4. The van der Waals surface area contributed by atoms with Crippen molar-refractivity contribution in [1.29, 1.82) is 0 Å². The van der Waals surface area contributed by atoms with Gasteiger partial charge in [0.05, 0.1) is 5.60 Å². The van der Waals surface area contributed by atoms with Crippen molar-refractivity contribution in [2.24, 2.45) is 0 Å². The molecule has 6 heteroatoms. The molecule has 128 valence electrons. The number of ether oxygens (including phenoxy) is 1. The van der Waals surface area contributed by atoms with Crippen LogP contribution in [0.1, 0.15) is 39.2 Å². The van der Waals surface area contributed by atoms with Gasteiger partial charge >= 0.3 is 5.97 Å². The van der Waals surface area contributed by atoms with Crippen LogP contribution in [0, 0.1) is 5.82 Å². The molecule has 0 bridgehead atoms. The second kappa shape index (κ2) is 8.62. The van der Waals surface area contributed by atoms with Crippen LogP contribution in [0.4, 0.5) is 4.39 Å². The van der Waals surface area contributed by atoms with Crippen molar-refractivity contribution in [3.8, 4) is 0 Å². The first-order valence-corrected chi connectivity index (χ1v) is 7.58. The first-order chi connectivity index (χ1) is 10.7. The van der Waals surface area contributed by atoms with Crippen molar-refractivity contribution in [2.75, 3.05) is 6.61 Å². The molecule has 0 aliphatic carbocycles. The first-order valence-electron chi connectivity index (χ1n) is 7.58. The lowest BCUT2D eigenvalue weighted by Gasteiger charge is -2.21. The fourth-order valence-corrected chi connectivity index (χ4v) is 1.92. The van der Waals surface area contributed by atoms with E-state index in [2.05, 4.69) is 5.32 Å². The van der Waals surface area contributed by atoms with Gasteiger partial charge < -0.3 is 15.2 Å². The third-order valence-corrected chi connectivity index (χ3v) is 3.13. The summed E-state index contributed by atoms with van der Waals surface area (Å²) >= 11 is 0. The van der Waals surface area contributed by atoms with E-state index in [1.807, 2.05) is 20.8 Å². The molecule has 0 saturated carbocycles. The van der Waals surface area contributed by atoms with Gasteiger partial charge in [-0.3, -0.25) is 4.79 Å². The average Bonchev–Trinajstić information content (AvgIpc) is 2.44. The van der Waals surface area contributed by atoms with Crippen molar-refractivity contribution in [3.05, 3.63) is 35.6 Å². The largest absolute Gasteiger partial charge is 0.480 e. The minimum atomic E-state index is -1.09. The maximum atomic E-state index is 12.8. The van der Waals surface area contributed by atoms with Crippen molar-refractivity contribution < 1.29 is 23.8 Å². The second-order valence-corrected chi connectivity index (χ2v) is 6.33. The number of aliphatic carboxylic acids is 1. The van der Waals surface area contributed by atoms with Gasteiger partial charge in [0.1, 0.15) is 11.9 Å². The van der Waals surface area contributed by atoms with Crippen LogP contribution < -0.4 is 5.32 Å². The minimum absolute atomic E-state index is 0.148. The van der Waals surface area contributed by atoms with Gasteiger partial charge in [0, 0.05) is 19.4 Å².